The van der Waals surface area contributed by atoms with E-state index in [1.165, 1.54) is 25.8 Å². The molecule has 1 aliphatic heterocycles. The fourth-order valence-corrected chi connectivity index (χ4v) is 3.40. The number of hydrogen-bond acceptors (Lipinski definition) is 3. The normalized spacial score (nSPS) is 20.9. The number of benzene rings is 1. The molecule has 2 amide bonds. The Labute approximate surface area is 150 Å². The van der Waals surface area contributed by atoms with Crippen molar-refractivity contribution in [3.05, 3.63) is 29.8 Å². The molecule has 0 spiro atoms. The Hall–Kier alpha value is -1.88. The molecule has 1 unspecified atom stereocenters. The van der Waals surface area contributed by atoms with Crippen molar-refractivity contribution in [1.82, 2.24) is 10.2 Å². The zero-order chi connectivity index (χ0) is 17.6. The van der Waals surface area contributed by atoms with E-state index < -0.39 is 0 Å². The number of nitrogens with zero attached hydrogens (tertiary/aromatic N) is 1. The lowest BCUT2D eigenvalue weighted by Gasteiger charge is -2.33. The summed E-state index contributed by atoms with van der Waals surface area (Å²) in [5, 5.41) is 5.88. The van der Waals surface area contributed by atoms with Gasteiger partial charge in [-0.2, -0.15) is 0 Å². The number of nitrogens with one attached hydrogen (secondary N) is 2. The van der Waals surface area contributed by atoms with E-state index >= 15 is 0 Å². The second kappa shape index (κ2) is 8.48. The first kappa shape index (κ1) is 17.9. The van der Waals surface area contributed by atoms with Gasteiger partial charge < -0.3 is 15.5 Å². The Morgan fingerprint density at radius 2 is 2.04 bits per heavy atom. The zero-order valence-corrected chi connectivity index (χ0v) is 15.1. The number of rotatable bonds is 7. The largest absolute Gasteiger partial charge is 0.352 e. The highest BCUT2D eigenvalue weighted by Gasteiger charge is 2.29. The average Bonchev–Trinajstić information content (AvgIpc) is 3.45. The predicted octanol–water partition coefficient (Wildman–Crippen LogP) is 3.03. The first-order chi connectivity index (χ1) is 12.1. The third kappa shape index (κ3) is 5.30. The van der Waals surface area contributed by atoms with Gasteiger partial charge in [-0.05, 0) is 63.8 Å². The number of piperidine rings is 1. The second-order valence-electron chi connectivity index (χ2n) is 7.33. The molecule has 1 aromatic rings. The van der Waals surface area contributed by atoms with Crippen LogP contribution in [0.15, 0.2) is 24.3 Å². The van der Waals surface area contributed by atoms with E-state index in [1.54, 1.807) is 12.1 Å². The fraction of sp³-hybridized carbons (Fsp3) is 0.600. The molecule has 25 heavy (non-hydrogen) atoms. The maximum absolute atomic E-state index is 12.3. The van der Waals surface area contributed by atoms with Gasteiger partial charge in [-0.25, -0.2) is 0 Å². The van der Waals surface area contributed by atoms with Crippen LogP contribution in [0, 0.1) is 5.92 Å². The van der Waals surface area contributed by atoms with E-state index in [2.05, 4.69) is 22.5 Å². The van der Waals surface area contributed by atoms with Gasteiger partial charge in [0.1, 0.15) is 0 Å². The molecule has 1 atom stereocenters. The van der Waals surface area contributed by atoms with Crippen molar-refractivity contribution < 1.29 is 9.59 Å². The highest BCUT2D eigenvalue weighted by Crippen LogP contribution is 2.30. The molecule has 0 bridgehead atoms. The first-order valence-corrected chi connectivity index (χ1v) is 9.56. The zero-order valence-electron chi connectivity index (χ0n) is 15.1. The number of likely N-dealkylation sites (tertiary alicyclic amines) is 1. The summed E-state index contributed by atoms with van der Waals surface area (Å²) in [7, 11) is 0. The molecular formula is C20H29N3O2. The lowest BCUT2D eigenvalue weighted by atomic mass is 10.0. The van der Waals surface area contributed by atoms with Gasteiger partial charge in [0.2, 0.25) is 5.91 Å². The van der Waals surface area contributed by atoms with Gasteiger partial charge in [-0.1, -0.05) is 12.5 Å². The lowest BCUT2D eigenvalue weighted by Crippen LogP contribution is -2.39. The number of anilines is 1. The summed E-state index contributed by atoms with van der Waals surface area (Å²) < 4.78 is 0. The molecule has 0 aromatic heterocycles. The maximum Gasteiger partial charge on any atom is 0.251 e. The average molecular weight is 343 g/mol. The van der Waals surface area contributed by atoms with E-state index in [-0.39, 0.29) is 17.7 Å². The molecule has 1 saturated heterocycles. The molecule has 1 saturated carbocycles. The van der Waals surface area contributed by atoms with E-state index in [0.29, 0.717) is 23.8 Å². The third-order valence-electron chi connectivity index (χ3n) is 5.19. The number of carbonyl (C=O) groups is 2. The molecule has 0 radical (unpaired) electrons. The fourth-order valence-electron chi connectivity index (χ4n) is 3.40. The monoisotopic (exact) mass is 343 g/mol. The minimum Gasteiger partial charge on any atom is -0.352 e. The van der Waals surface area contributed by atoms with Crippen LogP contribution in [0.5, 0.6) is 0 Å². The molecule has 5 heteroatoms. The third-order valence-corrected chi connectivity index (χ3v) is 5.19. The summed E-state index contributed by atoms with van der Waals surface area (Å²) in [5.74, 6) is 0.150. The van der Waals surface area contributed by atoms with Crippen molar-refractivity contribution in [1.29, 1.82) is 0 Å². The lowest BCUT2D eigenvalue weighted by molar-refractivity contribution is -0.117. The van der Waals surface area contributed by atoms with Crippen LogP contribution in [-0.2, 0) is 4.79 Å². The van der Waals surface area contributed by atoms with E-state index in [1.807, 2.05) is 12.1 Å². The molecule has 5 nitrogen and oxygen atoms in total. The van der Waals surface area contributed by atoms with Crippen LogP contribution in [0.3, 0.4) is 0 Å². The Balaban J connectivity index is 1.42. The van der Waals surface area contributed by atoms with E-state index in [9.17, 15) is 9.59 Å². The summed E-state index contributed by atoms with van der Waals surface area (Å²) >= 11 is 0. The van der Waals surface area contributed by atoms with Crippen molar-refractivity contribution in [3.63, 3.8) is 0 Å². The molecule has 1 aliphatic carbocycles. The van der Waals surface area contributed by atoms with Crippen molar-refractivity contribution in [3.8, 4) is 0 Å². The molecule has 1 heterocycles. The molecule has 2 N–H and O–H groups in total. The molecule has 2 fully saturated rings. The van der Waals surface area contributed by atoms with Crippen LogP contribution in [0.2, 0.25) is 0 Å². The van der Waals surface area contributed by atoms with Crippen LogP contribution in [0.4, 0.5) is 5.69 Å². The van der Waals surface area contributed by atoms with Crippen molar-refractivity contribution >= 4 is 17.5 Å². The Morgan fingerprint density at radius 3 is 2.80 bits per heavy atom. The number of amides is 2. The van der Waals surface area contributed by atoms with Crippen LogP contribution >= 0.6 is 0 Å². The Morgan fingerprint density at radius 1 is 1.20 bits per heavy atom. The minimum absolute atomic E-state index is 0.0632. The molecular weight excluding hydrogens is 314 g/mol. The van der Waals surface area contributed by atoms with Gasteiger partial charge in [-0.15, -0.1) is 0 Å². The molecule has 136 valence electrons. The van der Waals surface area contributed by atoms with E-state index in [0.717, 1.165) is 25.8 Å². The van der Waals surface area contributed by atoms with Crippen molar-refractivity contribution in [2.24, 2.45) is 5.92 Å². The minimum atomic E-state index is -0.0748. The molecule has 2 aliphatic rings. The van der Waals surface area contributed by atoms with Gasteiger partial charge in [-0.3, -0.25) is 9.59 Å². The maximum atomic E-state index is 12.3. The highest BCUT2D eigenvalue weighted by molar-refractivity contribution is 5.98. The summed E-state index contributed by atoms with van der Waals surface area (Å²) in [6, 6.07) is 7.84. The van der Waals surface area contributed by atoms with Crippen molar-refractivity contribution in [2.45, 2.75) is 51.5 Å². The van der Waals surface area contributed by atoms with Gasteiger partial charge in [0.05, 0.1) is 0 Å². The topological polar surface area (TPSA) is 61.4 Å². The predicted molar refractivity (Wildman–Crippen MR) is 99.6 cm³/mol. The number of carbonyl (C=O) groups excluding carboxylic acids is 2. The van der Waals surface area contributed by atoms with Gasteiger partial charge in [0.25, 0.3) is 5.91 Å². The smallest absolute Gasteiger partial charge is 0.251 e. The summed E-state index contributed by atoms with van der Waals surface area (Å²) in [5.41, 5.74) is 1.30. The number of hydrogen-bond donors (Lipinski definition) is 2. The van der Waals surface area contributed by atoms with Crippen LogP contribution < -0.4 is 10.6 Å². The summed E-state index contributed by atoms with van der Waals surface area (Å²) in [6.07, 6.45) is 6.82. The Bertz CT molecular complexity index is 613. The molecule has 1 aromatic carbocycles. The first-order valence-electron chi connectivity index (χ1n) is 9.56. The van der Waals surface area contributed by atoms with Crippen LogP contribution in [0.1, 0.15) is 55.8 Å². The molecule has 3 rings (SSSR count). The van der Waals surface area contributed by atoms with Gasteiger partial charge in [0.15, 0.2) is 0 Å². The summed E-state index contributed by atoms with van der Waals surface area (Å²) in [4.78, 5) is 26.7. The standard InChI is InChI=1S/C20H29N3O2/c1-15-6-2-3-12-23(15)13-5-11-21-19(24)17-7-4-8-18(14-17)22-20(25)16-9-10-16/h4,7-8,14-16H,2-3,5-6,9-13H2,1H3,(H,21,24)(H,22,25). The second-order valence-corrected chi connectivity index (χ2v) is 7.33. The van der Waals surface area contributed by atoms with E-state index in [4.69, 9.17) is 0 Å². The quantitative estimate of drug-likeness (QED) is 0.748. The van der Waals surface area contributed by atoms with Crippen molar-refractivity contribution in [2.75, 3.05) is 25.0 Å². The van der Waals surface area contributed by atoms with Gasteiger partial charge in [0, 0.05) is 36.3 Å². The summed E-state index contributed by atoms with van der Waals surface area (Å²) in [6.45, 7) is 5.19. The van der Waals surface area contributed by atoms with Crippen LogP contribution in [-0.4, -0.2) is 42.4 Å². The van der Waals surface area contributed by atoms with Crippen LogP contribution in [0.25, 0.3) is 0 Å². The SMILES string of the molecule is CC1CCCCN1CCCNC(=O)c1cccc(NC(=O)C2CC2)c1. The Kier molecular flexibility index (Phi) is 6.08. The highest BCUT2D eigenvalue weighted by atomic mass is 16.2. The van der Waals surface area contributed by atoms with Gasteiger partial charge >= 0.3 is 0 Å².